The number of halogens is 1. The van der Waals surface area contributed by atoms with Crippen molar-refractivity contribution >= 4 is 39.0 Å². The molecule has 26 heavy (non-hydrogen) atoms. The van der Waals surface area contributed by atoms with Crippen LogP contribution >= 0.6 is 11.6 Å². The minimum Gasteiger partial charge on any atom is -0.456 e. The van der Waals surface area contributed by atoms with E-state index in [0.29, 0.717) is 10.7 Å². The molecule has 0 fully saturated rings. The molecule has 138 valence electrons. The van der Waals surface area contributed by atoms with Gasteiger partial charge in [-0.25, -0.2) is 8.42 Å². The van der Waals surface area contributed by atoms with Crippen molar-refractivity contribution in [2.45, 2.75) is 18.2 Å². The molecule has 0 aliphatic carbocycles. The molecule has 0 aromatic heterocycles. The number of rotatable bonds is 7. The fourth-order valence-corrected chi connectivity index (χ4v) is 3.45. The Kier molecular flexibility index (Phi) is 6.76. The molecule has 8 heteroatoms. The van der Waals surface area contributed by atoms with Gasteiger partial charge in [-0.15, -0.1) is 0 Å². The Balaban J connectivity index is 1.80. The number of anilines is 1. The van der Waals surface area contributed by atoms with Crippen LogP contribution in [-0.4, -0.2) is 32.7 Å². The summed E-state index contributed by atoms with van der Waals surface area (Å²) in [5.74, 6) is -1.72. The molecule has 2 aromatic carbocycles. The average molecular weight is 396 g/mol. The summed E-state index contributed by atoms with van der Waals surface area (Å²) in [5, 5.41) is 2.86. The first-order valence-corrected chi connectivity index (χ1v) is 9.80. The zero-order valence-electron chi connectivity index (χ0n) is 14.1. The maximum absolute atomic E-state index is 12.2. The number of para-hydroxylation sites is 1. The molecule has 0 aliphatic rings. The van der Waals surface area contributed by atoms with Crippen LogP contribution < -0.4 is 5.32 Å². The number of aryl methyl sites for hydroxylation is 1. The number of amides is 1. The standard InChI is InChI=1S/C18H18ClNO5S/c1-13-6-8-14(9-7-13)26(23,24)11-10-18(22)25-12-17(21)20-16-5-3-2-4-15(16)19/h2-9H,10-12H2,1H3,(H,20,21). The number of nitrogens with one attached hydrogen (secondary N) is 1. The maximum atomic E-state index is 12.2. The van der Waals surface area contributed by atoms with Gasteiger partial charge in [0.2, 0.25) is 0 Å². The minimum absolute atomic E-state index is 0.146. The van der Waals surface area contributed by atoms with Gasteiger partial charge in [0, 0.05) is 0 Å². The summed E-state index contributed by atoms with van der Waals surface area (Å²) in [7, 11) is -3.58. The number of ether oxygens (including phenoxy) is 1. The van der Waals surface area contributed by atoms with Crippen LogP contribution in [0.5, 0.6) is 0 Å². The molecule has 0 heterocycles. The number of carbonyl (C=O) groups is 2. The fraction of sp³-hybridized carbons (Fsp3) is 0.222. The number of esters is 1. The highest BCUT2D eigenvalue weighted by Gasteiger charge is 2.17. The van der Waals surface area contributed by atoms with Gasteiger partial charge in [0.25, 0.3) is 5.91 Å². The second kappa shape index (κ2) is 8.82. The van der Waals surface area contributed by atoms with Gasteiger partial charge in [0.15, 0.2) is 16.4 Å². The van der Waals surface area contributed by atoms with E-state index in [1.807, 2.05) is 6.92 Å². The van der Waals surface area contributed by atoms with Gasteiger partial charge in [0.1, 0.15) is 0 Å². The Morgan fingerprint density at radius 1 is 1.08 bits per heavy atom. The molecule has 1 N–H and O–H groups in total. The molecule has 0 aliphatic heterocycles. The lowest BCUT2D eigenvalue weighted by Gasteiger charge is -2.08. The maximum Gasteiger partial charge on any atom is 0.307 e. The Labute approximate surface area is 157 Å². The van der Waals surface area contributed by atoms with E-state index in [2.05, 4.69) is 5.32 Å². The highest BCUT2D eigenvalue weighted by molar-refractivity contribution is 7.91. The lowest BCUT2D eigenvalue weighted by atomic mass is 10.2. The first kappa shape index (κ1) is 19.9. The van der Waals surface area contributed by atoms with Gasteiger partial charge in [0.05, 0.1) is 27.8 Å². The van der Waals surface area contributed by atoms with Gasteiger partial charge in [-0.2, -0.15) is 0 Å². The molecular weight excluding hydrogens is 378 g/mol. The van der Waals surface area contributed by atoms with Crippen LogP contribution in [0, 0.1) is 6.92 Å². The molecule has 6 nitrogen and oxygen atoms in total. The van der Waals surface area contributed by atoms with Crippen molar-refractivity contribution in [1.29, 1.82) is 0 Å². The molecular formula is C18H18ClNO5S. The van der Waals surface area contributed by atoms with Crippen LogP contribution in [0.15, 0.2) is 53.4 Å². The van der Waals surface area contributed by atoms with Crippen LogP contribution in [-0.2, 0) is 24.2 Å². The third-order valence-electron chi connectivity index (χ3n) is 3.47. The summed E-state index contributed by atoms with van der Waals surface area (Å²) in [6, 6.07) is 13.0. The predicted octanol–water partition coefficient (Wildman–Crippen LogP) is 2.99. The summed E-state index contributed by atoms with van der Waals surface area (Å²) in [4.78, 5) is 23.6. The Morgan fingerprint density at radius 2 is 1.73 bits per heavy atom. The molecule has 0 bridgehead atoms. The topological polar surface area (TPSA) is 89.5 Å². The predicted molar refractivity (Wildman–Crippen MR) is 98.9 cm³/mol. The number of hydrogen-bond acceptors (Lipinski definition) is 5. The fourth-order valence-electron chi connectivity index (χ4n) is 2.05. The van der Waals surface area contributed by atoms with E-state index in [4.69, 9.17) is 16.3 Å². The average Bonchev–Trinajstić information content (AvgIpc) is 2.60. The molecule has 0 unspecified atom stereocenters. The molecule has 0 saturated carbocycles. The third kappa shape index (κ3) is 5.86. The molecule has 2 rings (SSSR count). The highest BCUT2D eigenvalue weighted by Crippen LogP contribution is 2.20. The lowest BCUT2D eigenvalue weighted by Crippen LogP contribution is -2.22. The molecule has 0 spiro atoms. The van der Waals surface area contributed by atoms with Crippen molar-refractivity contribution in [1.82, 2.24) is 0 Å². The van der Waals surface area contributed by atoms with Crippen LogP contribution in [0.25, 0.3) is 0 Å². The molecule has 0 saturated heterocycles. The van der Waals surface area contributed by atoms with Crippen molar-refractivity contribution in [3.8, 4) is 0 Å². The number of carbonyl (C=O) groups excluding carboxylic acids is 2. The highest BCUT2D eigenvalue weighted by atomic mass is 35.5. The van der Waals surface area contributed by atoms with E-state index in [0.717, 1.165) is 5.56 Å². The van der Waals surface area contributed by atoms with Crippen LogP contribution in [0.2, 0.25) is 5.02 Å². The van der Waals surface area contributed by atoms with E-state index >= 15 is 0 Å². The van der Waals surface area contributed by atoms with Gasteiger partial charge in [-0.1, -0.05) is 41.4 Å². The van der Waals surface area contributed by atoms with Gasteiger partial charge >= 0.3 is 5.97 Å². The van der Waals surface area contributed by atoms with Crippen molar-refractivity contribution in [3.05, 3.63) is 59.1 Å². The van der Waals surface area contributed by atoms with Gasteiger partial charge < -0.3 is 10.1 Å². The Hall–Kier alpha value is -2.38. The molecule has 0 atom stereocenters. The van der Waals surface area contributed by atoms with E-state index in [-0.39, 0.29) is 17.1 Å². The third-order valence-corrected chi connectivity index (χ3v) is 5.53. The van der Waals surface area contributed by atoms with Crippen molar-refractivity contribution in [3.63, 3.8) is 0 Å². The monoisotopic (exact) mass is 395 g/mol. The second-order valence-corrected chi connectivity index (χ2v) is 8.09. The lowest BCUT2D eigenvalue weighted by molar-refractivity contribution is -0.146. The Bertz CT molecular complexity index is 894. The Morgan fingerprint density at radius 3 is 2.38 bits per heavy atom. The second-order valence-electron chi connectivity index (χ2n) is 5.57. The van der Waals surface area contributed by atoms with Crippen molar-refractivity contribution in [2.24, 2.45) is 0 Å². The largest absolute Gasteiger partial charge is 0.456 e. The molecule has 1 amide bonds. The first-order chi connectivity index (χ1) is 12.3. The number of benzene rings is 2. The van der Waals surface area contributed by atoms with E-state index < -0.39 is 28.3 Å². The van der Waals surface area contributed by atoms with Gasteiger partial charge in [-0.05, 0) is 31.2 Å². The summed E-state index contributed by atoms with van der Waals surface area (Å²) < 4.78 is 29.1. The van der Waals surface area contributed by atoms with E-state index in [1.54, 1.807) is 36.4 Å². The van der Waals surface area contributed by atoms with E-state index in [1.165, 1.54) is 12.1 Å². The molecule has 0 radical (unpaired) electrons. The smallest absolute Gasteiger partial charge is 0.307 e. The van der Waals surface area contributed by atoms with Crippen LogP contribution in [0.3, 0.4) is 0 Å². The van der Waals surface area contributed by atoms with Crippen molar-refractivity contribution < 1.29 is 22.7 Å². The minimum atomic E-state index is -3.58. The first-order valence-electron chi connectivity index (χ1n) is 7.77. The zero-order chi connectivity index (χ0) is 19.2. The summed E-state index contributed by atoms with van der Waals surface area (Å²) >= 11 is 5.91. The van der Waals surface area contributed by atoms with Gasteiger partial charge in [-0.3, -0.25) is 9.59 Å². The van der Waals surface area contributed by atoms with Crippen LogP contribution in [0.1, 0.15) is 12.0 Å². The number of hydrogen-bond donors (Lipinski definition) is 1. The zero-order valence-corrected chi connectivity index (χ0v) is 15.6. The van der Waals surface area contributed by atoms with Crippen LogP contribution in [0.4, 0.5) is 5.69 Å². The number of sulfone groups is 1. The summed E-state index contributed by atoms with van der Waals surface area (Å²) in [5.41, 5.74) is 1.34. The summed E-state index contributed by atoms with van der Waals surface area (Å²) in [6.45, 7) is 1.33. The molecule has 2 aromatic rings. The SMILES string of the molecule is Cc1ccc(S(=O)(=O)CCC(=O)OCC(=O)Nc2ccccc2Cl)cc1. The van der Waals surface area contributed by atoms with E-state index in [9.17, 15) is 18.0 Å². The summed E-state index contributed by atoms with van der Waals surface area (Å²) in [6.07, 6.45) is -0.338. The normalized spacial score (nSPS) is 11.0. The van der Waals surface area contributed by atoms with Crippen molar-refractivity contribution in [2.75, 3.05) is 17.7 Å². The quantitative estimate of drug-likeness (QED) is 0.728.